The van der Waals surface area contributed by atoms with Crippen LogP contribution in [0.25, 0.3) is 0 Å². The van der Waals surface area contributed by atoms with Crippen LogP contribution < -0.4 is 56.5 Å². The Bertz CT molecular complexity index is 475. The summed E-state index contributed by atoms with van der Waals surface area (Å²) < 4.78 is 0. The maximum absolute atomic E-state index is 10.8. The number of hydrogen-bond donors (Lipinski definition) is 0. The van der Waals surface area contributed by atoms with Crippen molar-refractivity contribution in [1.82, 2.24) is 4.90 Å². The van der Waals surface area contributed by atoms with E-state index in [-0.39, 0.29) is 57.9 Å². The minimum Gasteiger partial charge on any atom is -0.549 e. The minimum absolute atomic E-state index is 0. The van der Waals surface area contributed by atoms with Crippen LogP contribution in [0, 0.1) is 0 Å². The van der Waals surface area contributed by atoms with Crippen LogP contribution in [0.2, 0.25) is 0 Å². The molecule has 0 aliphatic carbocycles. The zero-order valence-corrected chi connectivity index (χ0v) is 14.8. The smallest absolute Gasteiger partial charge is 0.549 e. The van der Waals surface area contributed by atoms with Crippen LogP contribution in [-0.4, -0.2) is 17.4 Å². The van der Waals surface area contributed by atoms with Gasteiger partial charge in [0.1, 0.15) is 0 Å². The summed E-state index contributed by atoms with van der Waals surface area (Å²) in [6, 6.07) is 19.7. The largest absolute Gasteiger partial charge is 1.00 e. The van der Waals surface area contributed by atoms with Gasteiger partial charge in [-0.2, -0.15) is 0 Å². The first-order valence-corrected chi connectivity index (χ1v) is 6.24. The van der Waals surface area contributed by atoms with Crippen molar-refractivity contribution in [3.8, 4) is 0 Å². The Balaban J connectivity index is 0.00000200. The molecule has 0 atom stereocenters. The molecule has 0 saturated carbocycles. The van der Waals surface area contributed by atoms with Crippen LogP contribution in [-0.2, 0) is 17.9 Å². The molecule has 3 nitrogen and oxygen atoms in total. The molecule has 0 bridgehead atoms. The molecule has 4 heteroatoms. The number of carboxylic acid groups (broad SMARTS) is 1. The average molecular weight is 293 g/mol. The number of carbonyl (C=O) groups is 1. The first-order valence-electron chi connectivity index (χ1n) is 6.24. The molecule has 2 aromatic rings. The van der Waals surface area contributed by atoms with Crippen LogP contribution in [0.15, 0.2) is 60.7 Å². The summed E-state index contributed by atoms with van der Waals surface area (Å²) in [6.45, 7) is 1.14. The van der Waals surface area contributed by atoms with Gasteiger partial charge in [-0.3, -0.25) is 4.90 Å². The van der Waals surface area contributed by atoms with Gasteiger partial charge in [0.25, 0.3) is 0 Å². The van der Waals surface area contributed by atoms with E-state index in [1.54, 1.807) is 0 Å². The third-order valence-corrected chi connectivity index (χ3v) is 2.85. The van der Waals surface area contributed by atoms with Crippen molar-refractivity contribution in [2.45, 2.75) is 13.1 Å². The van der Waals surface area contributed by atoms with E-state index in [2.05, 4.69) is 0 Å². The molecule has 2 rings (SSSR count). The average Bonchev–Trinajstić information content (AvgIpc) is 2.40. The van der Waals surface area contributed by atoms with Gasteiger partial charge in [-0.15, -0.1) is 0 Å². The molecule has 0 aliphatic heterocycles. The van der Waals surface area contributed by atoms with E-state index in [0.717, 1.165) is 11.1 Å². The zero-order chi connectivity index (χ0) is 13.5. The fourth-order valence-electron chi connectivity index (χ4n) is 2.03. The molecule has 0 amide bonds. The molecule has 0 N–H and O–H groups in total. The monoisotopic (exact) mass is 293 g/mol. The summed E-state index contributed by atoms with van der Waals surface area (Å²) >= 11 is 0. The van der Waals surface area contributed by atoms with Gasteiger partial charge in [0, 0.05) is 19.6 Å². The van der Waals surface area contributed by atoms with Crippen LogP contribution in [0.5, 0.6) is 0 Å². The number of nitrogens with zero attached hydrogens (tertiary/aromatic N) is 1. The Morgan fingerprint density at radius 3 is 1.60 bits per heavy atom. The normalized spacial score (nSPS) is 10.1. The first-order chi connectivity index (χ1) is 9.24. The molecule has 0 saturated heterocycles. The van der Waals surface area contributed by atoms with E-state index >= 15 is 0 Å². The van der Waals surface area contributed by atoms with Gasteiger partial charge in [-0.25, -0.2) is 0 Å². The van der Waals surface area contributed by atoms with Crippen LogP contribution in [0.3, 0.4) is 0 Å². The van der Waals surface area contributed by atoms with Crippen molar-refractivity contribution in [2.75, 3.05) is 6.54 Å². The Kier molecular flexibility index (Phi) is 8.29. The first kappa shape index (κ1) is 17.6. The number of rotatable bonds is 6. The van der Waals surface area contributed by atoms with Gasteiger partial charge >= 0.3 is 51.4 Å². The van der Waals surface area contributed by atoms with Crippen molar-refractivity contribution < 1.29 is 61.3 Å². The number of carboxylic acids is 1. The van der Waals surface area contributed by atoms with Gasteiger partial charge in [0.15, 0.2) is 0 Å². The molecule has 0 spiro atoms. The number of aliphatic carboxylic acids is 1. The summed E-state index contributed by atoms with van der Waals surface area (Å²) in [5, 5.41) is 10.8. The standard InChI is InChI=1S/C16H17NO2.K/c18-16(19)13-17(11-14-7-3-1-4-8-14)12-15-9-5-2-6-10-15;/h1-10H,11-13H2,(H,18,19);/q;+1/p-1. The van der Waals surface area contributed by atoms with E-state index in [4.69, 9.17) is 0 Å². The fraction of sp³-hybridized carbons (Fsp3) is 0.188. The topological polar surface area (TPSA) is 43.4 Å². The van der Waals surface area contributed by atoms with Crippen molar-refractivity contribution in [1.29, 1.82) is 0 Å². The SMILES string of the molecule is O=C([O-])CN(Cc1ccccc1)Cc1ccccc1.[K+]. The summed E-state index contributed by atoms with van der Waals surface area (Å²) in [4.78, 5) is 12.7. The zero-order valence-electron chi connectivity index (χ0n) is 11.7. The Morgan fingerprint density at radius 1 is 0.850 bits per heavy atom. The summed E-state index contributed by atoms with van der Waals surface area (Å²) in [6.07, 6.45) is 0. The van der Waals surface area contributed by atoms with Gasteiger partial charge in [0.05, 0.1) is 5.97 Å². The molecular weight excluding hydrogens is 277 g/mol. The molecule has 0 radical (unpaired) electrons. The Hall–Kier alpha value is -0.494. The van der Waals surface area contributed by atoms with E-state index in [0.29, 0.717) is 13.1 Å². The van der Waals surface area contributed by atoms with E-state index < -0.39 is 5.97 Å². The van der Waals surface area contributed by atoms with Gasteiger partial charge < -0.3 is 9.90 Å². The van der Waals surface area contributed by atoms with Gasteiger partial charge in [0.2, 0.25) is 0 Å². The molecular formula is C16H16KNO2. The van der Waals surface area contributed by atoms with E-state index in [1.165, 1.54) is 0 Å². The Labute approximate surface area is 162 Å². The van der Waals surface area contributed by atoms with E-state index in [1.807, 2.05) is 65.6 Å². The maximum atomic E-state index is 10.8. The predicted molar refractivity (Wildman–Crippen MR) is 72.0 cm³/mol. The minimum atomic E-state index is -1.05. The fourth-order valence-corrected chi connectivity index (χ4v) is 2.03. The quantitative estimate of drug-likeness (QED) is 0.605. The van der Waals surface area contributed by atoms with Crippen molar-refractivity contribution in [2.24, 2.45) is 0 Å². The molecule has 0 aromatic heterocycles. The number of carbonyl (C=O) groups excluding carboxylic acids is 1. The van der Waals surface area contributed by atoms with Crippen molar-refractivity contribution in [3.05, 3.63) is 71.8 Å². The van der Waals surface area contributed by atoms with Gasteiger partial charge in [-0.1, -0.05) is 60.7 Å². The van der Waals surface area contributed by atoms with E-state index in [9.17, 15) is 9.90 Å². The second kappa shape index (κ2) is 9.44. The van der Waals surface area contributed by atoms with Crippen LogP contribution >= 0.6 is 0 Å². The molecule has 2 aromatic carbocycles. The third kappa shape index (κ3) is 6.30. The second-order valence-corrected chi connectivity index (χ2v) is 4.49. The summed E-state index contributed by atoms with van der Waals surface area (Å²) in [5.74, 6) is -1.05. The molecule has 0 unspecified atom stereocenters. The number of hydrogen-bond acceptors (Lipinski definition) is 3. The maximum Gasteiger partial charge on any atom is 1.00 e. The molecule has 20 heavy (non-hydrogen) atoms. The molecule has 0 heterocycles. The molecule has 0 fully saturated rings. The summed E-state index contributed by atoms with van der Waals surface area (Å²) in [5.41, 5.74) is 2.19. The predicted octanol–water partition coefficient (Wildman–Crippen LogP) is -1.56. The number of benzene rings is 2. The molecule has 0 aliphatic rings. The second-order valence-electron chi connectivity index (χ2n) is 4.49. The Morgan fingerprint density at radius 2 is 1.25 bits per heavy atom. The molecule has 98 valence electrons. The van der Waals surface area contributed by atoms with Crippen molar-refractivity contribution in [3.63, 3.8) is 0 Å². The van der Waals surface area contributed by atoms with Crippen LogP contribution in [0.4, 0.5) is 0 Å². The third-order valence-electron chi connectivity index (χ3n) is 2.85. The van der Waals surface area contributed by atoms with Crippen molar-refractivity contribution >= 4 is 5.97 Å². The summed E-state index contributed by atoms with van der Waals surface area (Å²) in [7, 11) is 0. The van der Waals surface area contributed by atoms with Gasteiger partial charge in [-0.05, 0) is 11.1 Å². The van der Waals surface area contributed by atoms with Crippen LogP contribution in [0.1, 0.15) is 11.1 Å².